The standard InChI is InChI=1S/C19H17F3N2O2.C2H6/c1-11(2)24-17(18(25)26)16-13(4-3-5-15(16)23-24)10-12-6-8-14(9-7-12)19(20,21)22;1-2/h3-9,11H,10H2,1-2H3,(H,25,26);1-2H3. The van der Waals surface area contributed by atoms with E-state index in [0.717, 1.165) is 12.1 Å². The van der Waals surface area contributed by atoms with Gasteiger partial charge in [-0.2, -0.15) is 18.3 Å². The largest absolute Gasteiger partial charge is 0.477 e. The maximum absolute atomic E-state index is 12.7. The van der Waals surface area contributed by atoms with E-state index in [1.54, 1.807) is 18.2 Å². The first-order valence-electron chi connectivity index (χ1n) is 9.08. The molecule has 150 valence electrons. The molecule has 1 N–H and O–H groups in total. The van der Waals surface area contributed by atoms with Gasteiger partial charge >= 0.3 is 12.1 Å². The Morgan fingerprint density at radius 2 is 1.71 bits per heavy atom. The van der Waals surface area contributed by atoms with Crippen molar-refractivity contribution >= 4 is 16.9 Å². The highest BCUT2D eigenvalue weighted by Gasteiger charge is 2.30. The van der Waals surface area contributed by atoms with Crippen molar-refractivity contribution in [2.75, 3.05) is 0 Å². The van der Waals surface area contributed by atoms with Crippen LogP contribution in [0.5, 0.6) is 0 Å². The van der Waals surface area contributed by atoms with Crippen LogP contribution in [0.25, 0.3) is 10.9 Å². The van der Waals surface area contributed by atoms with E-state index in [9.17, 15) is 23.1 Å². The Hall–Kier alpha value is -2.83. The second-order valence-corrected chi connectivity index (χ2v) is 6.37. The van der Waals surface area contributed by atoms with Crippen molar-refractivity contribution in [3.8, 4) is 0 Å². The molecule has 0 aliphatic carbocycles. The molecule has 2 aromatic carbocycles. The van der Waals surface area contributed by atoms with Crippen LogP contribution >= 0.6 is 0 Å². The van der Waals surface area contributed by atoms with Gasteiger partial charge in [0.1, 0.15) is 0 Å². The van der Waals surface area contributed by atoms with Gasteiger partial charge in [-0.05, 0) is 49.6 Å². The number of rotatable bonds is 4. The highest BCUT2D eigenvalue weighted by Crippen LogP contribution is 2.30. The van der Waals surface area contributed by atoms with Crippen molar-refractivity contribution < 1.29 is 23.1 Å². The van der Waals surface area contributed by atoms with Gasteiger partial charge in [0.15, 0.2) is 5.69 Å². The van der Waals surface area contributed by atoms with E-state index in [4.69, 9.17) is 0 Å². The molecule has 4 nitrogen and oxygen atoms in total. The number of hydrogen-bond acceptors (Lipinski definition) is 2. The fourth-order valence-electron chi connectivity index (χ4n) is 2.98. The summed E-state index contributed by atoms with van der Waals surface area (Å²) < 4.78 is 39.6. The van der Waals surface area contributed by atoms with Gasteiger partial charge in [0.05, 0.1) is 11.1 Å². The Balaban J connectivity index is 0.00000136. The van der Waals surface area contributed by atoms with Gasteiger partial charge in [-0.3, -0.25) is 4.68 Å². The van der Waals surface area contributed by atoms with Crippen LogP contribution in [0.2, 0.25) is 0 Å². The third kappa shape index (κ3) is 4.35. The molecule has 0 amide bonds. The summed E-state index contributed by atoms with van der Waals surface area (Å²) in [4.78, 5) is 11.8. The number of aromatic nitrogens is 2. The number of carboxylic acids is 1. The third-order valence-corrected chi connectivity index (χ3v) is 4.18. The Morgan fingerprint density at radius 1 is 1.11 bits per heavy atom. The number of alkyl halides is 3. The zero-order valence-corrected chi connectivity index (χ0v) is 16.2. The number of carboxylic acid groups (broad SMARTS) is 1. The van der Waals surface area contributed by atoms with Gasteiger partial charge in [0.2, 0.25) is 0 Å². The van der Waals surface area contributed by atoms with Crippen molar-refractivity contribution in [2.45, 2.75) is 46.3 Å². The fourth-order valence-corrected chi connectivity index (χ4v) is 2.98. The molecule has 3 rings (SSSR count). The van der Waals surface area contributed by atoms with Crippen molar-refractivity contribution in [2.24, 2.45) is 0 Å². The molecule has 1 aromatic heterocycles. The van der Waals surface area contributed by atoms with E-state index < -0.39 is 17.7 Å². The minimum Gasteiger partial charge on any atom is -0.477 e. The number of nitrogens with zero attached hydrogens (tertiary/aromatic N) is 2. The maximum Gasteiger partial charge on any atom is 0.416 e. The molecule has 0 fully saturated rings. The van der Waals surface area contributed by atoms with E-state index in [-0.39, 0.29) is 11.7 Å². The quantitative estimate of drug-likeness (QED) is 0.597. The van der Waals surface area contributed by atoms with Crippen LogP contribution in [0.4, 0.5) is 13.2 Å². The lowest BCUT2D eigenvalue weighted by molar-refractivity contribution is -0.137. The molecular formula is C21H23F3N2O2. The van der Waals surface area contributed by atoms with E-state index in [1.807, 2.05) is 27.7 Å². The molecule has 0 radical (unpaired) electrons. The van der Waals surface area contributed by atoms with Gasteiger partial charge in [-0.15, -0.1) is 0 Å². The van der Waals surface area contributed by atoms with E-state index in [0.29, 0.717) is 28.5 Å². The molecule has 1 heterocycles. The Bertz CT molecular complexity index is 958. The summed E-state index contributed by atoms with van der Waals surface area (Å²) in [6.07, 6.45) is -4.06. The van der Waals surface area contributed by atoms with Gasteiger partial charge < -0.3 is 5.11 Å². The SMILES string of the molecule is CC.CC(C)n1nc2cccc(Cc3ccc(C(F)(F)F)cc3)c2c1C(=O)O. The number of fused-ring (bicyclic) bond motifs is 1. The van der Waals surface area contributed by atoms with E-state index >= 15 is 0 Å². The summed E-state index contributed by atoms with van der Waals surface area (Å²) in [5, 5.41) is 14.5. The van der Waals surface area contributed by atoms with Gasteiger partial charge in [0.25, 0.3) is 0 Å². The van der Waals surface area contributed by atoms with Crippen LogP contribution < -0.4 is 0 Å². The fraction of sp³-hybridized carbons (Fsp3) is 0.333. The topological polar surface area (TPSA) is 55.1 Å². The summed E-state index contributed by atoms with van der Waals surface area (Å²) in [6, 6.07) is 10.0. The molecule has 0 aliphatic heterocycles. The normalized spacial score (nSPS) is 11.4. The lowest BCUT2D eigenvalue weighted by Crippen LogP contribution is -2.12. The minimum atomic E-state index is -4.38. The summed E-state index contributed by atoms with van der Waals surface area (Å²) in [6.45, 7) is 7.68. The van der Waals surface area contributed by atoms with Crippen LogP contribution in [0.3, 0.4) is 0 Å². The Morgan fingerprint density at radius 3 is 2.21 bits per heavy atom. The highest BCUT2D eigenvalue weighted by molar-refractivity contribution is 6.03. The lowest BCUT2D eigenvalue weighted by Gasteiger charge is -2.10. The molecule has 0 saturated carbocycles. The molecule has 0 bridgehead atoms. The third-order valence-electron chi connectivity index (χ3n) is 4.18. The number of halogens is 3. The van der Waals surface area contributed by atoms with Crippen molar-refractivity contribution in [1.29, 1.82) is 0 Å². The first-order chi connectivity index (χ1) is 13.2. The second-order valence-electron chi connectivity index (χ2n) is 6.37. The minimum absolute atomic E-state index is 0.0949. The van der Waals surface area contributed by atoms with Crippen molar-refractivity contribution in [3.63, 3.8) is 0 Å². The first-order valence-corrected chi connectivity index (χ1v) is 9.08. The molecule has 0 aliphatic rings. The summed E-state index contributed by atoms with van der Waals surface area (Å²) in [7, 11) is 0. The number of carbonyl (C=O) groups is 1. The second kappa shape index (κ2) is 8.46. The zero-order valence-electron chi connectivity index (χ0n) is 16.2. The van der Waals surface area contributed by atoms with E-state index in [2.05, 4.69) is 5.10 Å². The summed E-state index contributed by atoms with van der Waals surface area (Å²) in [5.41, 5.74) is 1.32. The van der Waals surface area contributed by atoms with Crippen LogP contribution in [0, 0.1) is 0 Å². The maximum atomic E-state index is 12.7. The zero-order chi connectivity index (χ0) is 21.1. The predicted molar refractivity (Wildman–Crippen MR) is 103 cm³/mol. The molecule has 0 spiro atoms. The molecule has 28 heavy (non-hydrogen) atoms. The molecular weight excluding hydrogens is 369 g/mol. The van der Waals surface area contributed by atoms with Crippen LogP contribution in [-0.2, 0) is 12.6 Å². The molecule has 0 atom stereocenters. The average Bonchev–Trinajstić information content (AvgIpc) is 3.04. The number of benzene rings is 2. The smallest absolute Gasteiger partial charge is 0.416 e. The summed E-state index contributed by atoms with van der Waals surface area (Å²) in [5.74, 6) is -1.08. The Kier molecular flexibility index (Phi) is 6.48. The predicted octanol–water partition coefficient (Wildman–Crippen LogP) is 5.95. The summed E-state index contributed by atoms with van der Waals surface area (Å²) >= 11 is 0. The van der Waals surface area contributed by atoms with Crippen molar-refractivity contribution in [1.82, 2.24) is 9.78 Å². The highest BCUT2D eigenvalue weighted by atomic mass is 19.4. The van der Waals surface area contributed by atoms with Crippen molar-refractivity contribution in [3.05, 3.63) is 64.8 Å². The number of aromatic carboxylic acids is 1. The van der Waals surface area contributed by atoms with Gasteiger partial charge in [-0.1, -0.05) is 38.1 Å². The number of hydrogen-bond donors (Lipinski definition) is 1. The van der Waals surface area contributed by atoms with E-state index in [1.165, 1.54) is 16.8 Å². The average molecular weight is 392 g/mol. The molecule has 7 heteroatoms. The molecule has 3 aromatic rings. The van der Waals surface area contributed by atoms with Gasteiger partial charge in [-0.25, -0.2) is 4.79 Å². The molecule has 0 unspecified atom stereocenters. The monoisotopic (exact) mass is 392 g/mol. The van der Waals surface area contributed by atoms with Crippen LogP contribution in [0.15, 0.2) is 42.5 Å². The Labute approximate surface area is 161 Å². The van der Waals surface area contributed by atoms with Crippen LogP contribution in [0.1, 0.15) is 60.9 Å². The first kappa shape index (κ1) is 21.5. The lowest BCUT2D eigenvalue weighted by atomic mass is 9.99. The molecule has 0 saturated heterocycles. The van der Waals surface area contributed by atoms with Crippen LogP contribution in [-0.4, -0.2) is 20.9 Å². The van der Waals surface area contributed by atoms with Gasteiger partial charge in [0, 0.05) is 11.4 Å².